The highest BCUT2D eigenvalue weighted by atomic mass is 35.5. The van der Waals surface area contributed by atoms with Crippen LogP contribution in [0.1, 0.15) is 29.7 Å². The summed E-state index contributed by atoms with van der Waals surface area (Å²) in [6.07, 6.45) is -0.569. The van der Waals surface area contributed by atoms with Gasteiger partial charge >= 0.3 is 0 Å². The molecule has 0 heterocycles. The van der Waals surface area contributed by atoms with E-state index in [9.17, 15) is 9.50 Å². The summed E-state index contributed by atoms with van der Waals surface area (Å²) in [5.74, 6) is 0.831. The second-order valence-corrected chi connectivity index (χ2v) is 7.20. The van der Waals surface area contributed by atoms with Crippen molar-refractivity contribution in [1.82, 2.24) is 5.32 Å². The van der Waals surface area contributed by atoms with Gasteiger partial charge in [0, 0.05) is 18.7 Å². The Kier molecular flexibility index (Phi) is 8.08. The van der Waals surface area contributed by atoms with Crippen molar-refractivity contribution in [2.24, 2.45) is 0 Å². The van der Waals surface area contributed by atoms with Crippen molar-refractivity contribution in [2.75, 3.05) is 13.2 Å². The quantitative estimate of drug-likeness (QED) is 0.460. The van der Waals surface area contributed by atoms with Crippen LogP contribution in [0.3, 0.4) is 0 Å². The summed E-state index contributed by atoms with van der Waals surface area (Å²) in [5.41, 5.74) is 2.58. The third-order valence-corrected chi connectivity index (χ3v) is 4.91. The van der Waals surface area contributed by atoms with Crippen molar-refractivity contribution in [3.8, 4) is 11.5 Å². The van der Waals surface area contributed by atoms with E-state index >= 15 is 0 Å². The number of ether oxygens (including phenoxy) is 2. The van der Waals surface area contributed by atoms with E-state index in [-0.39, 0.29) is 12.4 Å². The molecule has 0 bridgehead atoms. The lowest BCUT2D eigenvalue weighted by Gasteiger charge is -2.15. The van der Waals surface area contributed by atoms with Crippen LogP contribution in [0.15, 0.2) is 66.7 Å². The van der Waals surface area contributed by atoms with Crippen molar-refractivity contribution in [3.63, 3.8) is 0 Å². The van der Waals surface area contributed by atoms with Gasteiger partial charge in [-0.2, -0.15) is 0 Å². The van der Waals surface area contributed by atoms with Crippen LogP contribution in [-0.4, -0.2) is 18.3 Å². The first kappa shape index (κ1) is 22.1. The fourth-order valence-corrected chi connectivity index (χ4v) is 3.21. The summed E-state index contributed by atoms with van der Waals surface area (Å²) >= 11 is 6.07. The normalized spacial score (nSPS) is 11.9. The maximum absolute atomic E-state index is 13.2. The van der Waals surface area contributed by atoms with Crippen LogP contribution in [0.25, 0.3) is 0 Å². The number of benzene rings is 3. The van der Waals surface area contributed by atoms with Gasteiger partial charge in [-0.1, -0.05) is 54.1 Å². The van der Waals surface area contributed by atoms with Gasteiger partial charge in [0.05, 0.1) is 17.7 Å². The molecule has 0 spiro atoms. The molecule has 1 atom stereocenters. The van der Waals surface area contributed by atoms with Crippen LogP contribution in [-0.2, 0) is 13.2 Å². The number of aliphatic hydroxyl groups is 1. The smallest absolute Gasteiger partial charge is 0.161 e. The average Bonchev–Trinajstić information content (AvgIpc) is 2.75. The predicted molar refractivity (Wildman–Crippen MR) is 116 cm³/mol. The van der Waals surface area contributed by atoms with Crippen LogP contribution < -0.4 is 14.8 Å². The van der Waals surface area contributed by atoms with Gasteiger partial charge < -0.3 is 19.9 Å². The van der Waals surface area contributed by atoms with E-state index in [4.69, 9.17) is 21.1 Å². The lowest BCUT2D eigenvalue weighted by atomic mass is 10.1. The fraction of sp³-hybridized carbons (Fsp3) is 0.250. The second-order valence-electron chi connectivity index (χ2n) is 6.80. The van der Waals surface area contributed by atoms with Crippen molar-refractivity contribution in [2.45, 2.75) is 26.2 Å². The molecule has 3 aromatic carbocycles. The Morgan fingerprint density at radius 3 is 2.53 bits per heavy atom. The summed E-state index contributed by atoms with van der Waals surface area (Å²) in [7, 11) is 0. The third-order valence-electron chi connectivity index (χ3n) is 4.56. The summed E-state index contributed by atoms with van der Waals surface area (Å²) in [6.45, 7) is 3.63. The number of hydrogen-bond acceptors (Lipinski definition) is 4. The topological polar surface area (TPSA) is 50.7 Å². The van der Waals surface area contributed by atoms with Gasteiger partial charge in [-0.15, -0.1) is 0 Å². The van der Waals surface area contributed by atoms with E-state index in [0.29, 0.717) is 41.8 Å². The van der Waals surface area contributed by atoms with Crippen LogP contribution in [0.2, 0.25) is 5.02 Å². The molecule has 1 unspecified atom stereocenters. The van der Waals surface area contributed by atoms with Gasteiger partial charge in [0.25, 0.3) is 0 Å². The Bertz CT molecular complexity index is 952. The van der Waals surface area contributed by atoms with E-state index < -0.39 is 6.10 Å². The second kappa shape index (κ2) is 11.0. The first-order valence-corrected chi connectivity index (χ1v) is 10.2. The molecule has 158 valence electrons. The molecule has 3 rings (SSSR count). The maximum Gasteiger partial charge on any atom is 0.161 e. The Hall–Kier alpha value is -2.60. The lowest BCUT2D eigenvalue weighted by molar-refractivity contribution is 0.174. The van der Waals surface area contributed by atoms with E-state index in [1.165, 1.54) is 12.1 Å². The number of nitrogens with one attached hydrogen (secondary N) is 1. The summed E-state index contributed by atoms with van der Waals surface area (Å²) in [6, 6.07) is 19.5. The third kappa shape index (κ3) is 6.20. The molecule has 0 aromatic heterocycles. The van der Waals surface area contributed by atoms with Crippen molar-refractivity contribution in [1.29, 1.82) is 0 Å². The van der Waals surface area contributed by atoms with Crippen LogP contribution in [0.4, 0.5) is 4.39 Å². The van der Waals surface area contributed by atoms with Crippen molar-refractivity contribution < 1.29 is 19.0 Å². The summed E-state index contributed by atoms with van der Waals surface area (Å²) in [4.78, 5) is 0. The Morgan fingerprint density at radius 1 is 1.00 bits per heavy atom. The molecular formula is C24H25ClFNO3. The molecule has 6 heteroatoms. The standard InChI is InChI=1S/C24H25ClFNO3/c1-2-29-24-12-17(14-27-15-22(28)18-6-4-3-5-7-18)8-11-23(24)30-16-19-9-10-20(26)13-21(19)25/h3-13,22,27-28H,2,14-16H2,1H3. The molecular weight excluding hydrogens is 405 g/mol. The minimum absolute atomic E-state index is 0.208. The van der Waals surface area contributed by atoms with Gasteiger partial charge in [0.1, 0.15) is 12.4 Å². The Labute approximate surface area is 181 Å². The molecule has 0 saturated carbocycles. The minimum atomic E-state index is -0.569. The largest absolute Gasteiger partial charge is 0.490 e. The summed E-state index contributed by atoms with van der Waals surface area (Å²) < 4.78 is 24.8. The van der Waals surface area contributed by atoms with Crippen LogP contribution in [0, 0.1) is 5.82 Å². The molecule has 0 aliphatic carbocycles. The molecule has 0 radical (unpaired) electrons. The minimum Gasteiger partial charge on any atom is -0.490 e. The number of halogens is 2. The number of aliphatic hydroxyl groups excluding tert-OH is 1. The lowest BCUT2D eigenvalue weighted by Crippen LogP contribution is -2.21. The first-order chi connectivity index (χ1) is 14.6. The Morgan fingerprint density at radius 2 is 1.80 bits per heavy atom. The molecule has 30 heavy (non-hydrogen) atoms. The molecule has 2 N–H and O–H groups in total. The van der Waals surface area contributed by atoms with E-state index in [0.717, 1.165) is 11.1 Å². The predicted octanol–water partition coefficient (Wildman–Crippen LogP) is 5.28. The SMILES string of the molecule is CCOc1cc(CNCC(O)c2ccccc2)ccc1OCc1ccc(F)cc1Cl. The molecule has 4 nitrogen and oxygen atoms in total. The monoisotopic (exact) mass is 429 g/mol. The maximum atomic E-state index is 13.2. The van der Waals surface area contributed by atoms with Gasteiger partial charge in [-0.25, -0.2) is 4.39 Å². The molecule has 0 amide bonds. The zero-order valence-electron chi connectivity index (χ0n) is 16.8. The van der Waals surface area contributed by atoms with Gasteiger partial charge in [0.15, 0.2) is 11.5 Å². The van der Waals surface area contributed by atoms with Gasteiger partial charge in [-0.05, 0) is 42.3 Å². The zero-order chi connectivity index (χ0) is 21.3. The summed E-state index contributed by atoms with van der Waals surface area (Å²) in [5, 5.41) is 13.8. The van der Waals surface area contributed by atoms with Gasteiger partial charge in [0.2, 0.25) is 0 Å². The highest BCUT2D eigenvalue weighted by molar-refractivity contribution is 6.31. The van der Waals surface area contributed by atoms with Crippen LogP contribution >= 0.6 is 11.6 Å². The van der Waals surface area contributed by atoms with Gasteiger partial charge in [-0.3, -0.25) is 0 Å². The molecule has 0 fully saturated rings. The fourth-order valence-electron chi connectivity index (χ4n) is 2.99. The highest BCUT2D eigenvalue weighted by Gasteiger charge is 2.10. The van der Waals surface area contributed by atoms with E-state index in [1.807, 2.05) is 55.5 Å². The highest BCUT2D eigenvalue weighted by Crippen LogP contribution is 2.30. The molecule has 3 aromatic rings. The van der Waals surface area contributed by atoms with Crippen LogP contribution in [0.5, 0.6) is 11.5 Å². The average molecular weight is 430 g/mol. The van der Waals surface area contributed by atoms with E-state index in [2.05, 4.69) is 5.32 Å². The van der Waals surface area contributed by atoms with Crippen molar-refractivity contribution in [3.05, 3.63) is 94.3 Å². The Balaban J connectivity index is 1.60. The number of rotatable bonds is 10. The molecule has 0 aliphatic rings. The molecule has 0 saturated heterocycles. The van der Waals surface area contributed by atoms with E-state index in [1.54, 1.807) is 6.07 Å². The first-order valence-electron chi connectivity index (χ1n) is 9.83. The number of hydrogen-bond donors (Lipinski definition) is 2. The zero-order valence-corrected chi connectivity index (χ0v) is 17.5. The van der Waals surface area contributed by atoms with Crippen molar-refractivity contribution >= 4 is 11.6 Å². The molecule has 0 aliphatic heterocycles.